The summed E-state index contributed by atoms with van der Waals surface area (Å²) in [4.78, 5) is 23.8. The molecule has 3 rings (SSSR count). The van der Waals surface area contributed by atoms with Crippen LogP contribution in [0.4, 0.5) is 5.69 Å². The summed E-state index contributed by atoms with van der Waals surface area (Å²) in [6, 6.07) is 18.5. The smallest absolute Gasteiger partial charge is 0.343 e. The molecule has 0 heterocycles. The zero-order valence-electron chi connectivity index (χ0n) is 20.0. The van der Waals surface area contributed by atoms with Crippen LogP contribution in [0, 0.1) is 0 Å². The van der Waals surface area contributed by atoms with E-state index in [9.17, 15) is 18.0 Å². The third kappa shape index (κ3) is 7.69. The monoisotopic (exact) mass is 545 g/mol. The Kier molecular flexibility index (Phi) is 9.47. The van der Waals surface area contributed by atoms with E-state index < -0.39 is 28.4 Å². The standard InChI is InChI=1S/C25H24ClN3O7S/c1-34-21-10-12-23(13-11-21)37(32,33)29(20-5-3-4-19(26)14-20)16-24(30)28-27-15-18-6-8-22(9-7-18)36-17-25(31)35-2/h3-15H,16-17H2,1-2H3,(H,28,30)/b27-15-. The minimum atomic E-state index is -4.13. The fourth-order valence-corrected chi connectivity index (χ4v) is 4.61. The van der Waals surface area contributed by atoms with Crippen molar-refractivity contribution in [1.29, 1.82) is 0 Å². The van der Waals surface area contributed by atoms with Crippen molar-refractivity contribution in [3.05, 3.63) is 83.4 Å². The first-order valence-corrected chi connectivity index (χ1v) is 12.6. The van der Waals surface area contributed by atoms with Gasteiger partial charge in [-0.1, -0.05) is 17.7 Å². The average molecular weight is 546 g/mol. The van der Waals surface area contributed by atoms with Crippen LogP contribution in [0.5, 0.6) is 11.5 Å². The second-order valence-corrected chi connectivity index (χ2v) is 9.69. The quantitative estimate of drug-likeness (QED) is 0.223. The number of nitrogens with zero attached hydrogens (tertiary/aromatic N) is 2. The van der Waals surface area contributed by atoms with Crippen molar-refractivity contribution in [3.63, 3.8) is 0 Å². The number of benzene rings is 3. The number of hydrogen-bond donors (Lipinski definition) is 1. The highest BCUT2D eigenvalue weighted by Crippen LogP contribution is 2.27. The highest BCUT2D eigenvalue weighted by molar-refractivity contribution is 7.92. The van der Waals surface area contributed by atoms with Gasteiger partial charge in [0.05, 0.1) is 31.0 Å². The summed E-state index contributed by atoms with van der Waals surface area (Å²) in [5.41, 5.74) is 3.17. The van der Waals surface area contributed by atoms with E-state index in [1.165, 1.54) is 56.8 Å². The van der Waals surface area contributed by atoms with Gasteiger partial charge in [-0.2, -0.15) is 5.10 Å². The van der Waals surface area contributed by atoms with Gasteiger partial charge < -0.3 is 14.2 Å². The minimum absolute atomic E-state index is 0.0286. The van der Waals surface area contributed by atoms with Crippen LogP contribution in [0.1, 0.15) is 5.56 Å². The number of methoxy groups -OCH3 is 2. The molecular weight excluding hydrogens is 522 g/mol. The second kappa shape index (κ2) is 12.7. The van der Waals surface area contributed by atoms with Crippen molar-refractivity contribution >= 4 is 45.4 Å². The Hall–Kier alpha value is -4.09. The SMILES string of the molecule is COC(=O)COc1ccc(/C=N\NC(=O)CN(c2cccc(Cl)c2)S(=O)(=O)c2ccc(OC)cc2)cc1. The molecule has 10 nitrogen and oxygen atoms in total. The number of anilines is 1. The van der Waals surface area contributed by atoms with E-state index in [0.29, 0.717) is 22.1 Å². The van der Waals surface area contributed by atoms with Crippen LogP contribution in [0.2, 0.25) is 5.02 Å². The summed E-state index contributed by atoms with van der Waals surface area (Å²) < 4.78 is 42.6. The molecule has 0 fully saturated rings. The topological polar surface area (TPSA) is 124 Å². The molecule has 3 aromatic rings. The van der Waals surface area contributed by atoms with Gasteiger partial charge in [0.2, 0.25) is 0 Å². The third-order valence-corrected chi connectivity index (χ3v) is 6.92. The number of halogens is 1. The van der Waals surface area contributed by atoms with Gasteiger partial charge in [-0.05, 0) is 72.3 Å². The molecule has 1 N–H and O–H groups in total. The molecule has 37 heavy (non-hydrogen) atoms. The molecular formula is C25H24ClN3O7S. The van der Waals surface area contributed by atoms with Crippen LogP contribution in [0.3, 0.4) is 0 Å². The maximum atomic E-state index is 13.4. The third-order valence-electron chi connectivity index (χ3n) is 4.90. The lowest BCUT2D eigenvalue weighted by atomic mass is 10.2. The van der Waals surface area contributed by atoms with Crippen molar-refractivity contribution in [2.24, 2.45) is 5.10 Å². The Balaban J connectivity index is 1.72. The summed E-state index contributed by atoms with van der Waals surface area (Å²) >= 11 is 6.07. The first kappa shape index (κ1) is 27.5. The maximum Gasteiger partial charge on any atom is 0.343 e. The van der Waals surface area contributed by atoms with Crippen LogP contribution in [-0.4, -0.2) is 53.9 Å². The normalized spacial score (nSPS) is 11.1. The summed E-state index contributed by atoms with van der Waals surface area (Å²) in [6.45, 7) is -0.769. The predicted octanol–water partition coefficient (Wildman–Crippen LogP) is 3.25. The highest BCUT2D eigenvalue weighted by atomic mass is 35.5. The van der Waals surface area contributed by atoms with Gasteiger partial charge in [-0.15, -0.1) is 0 Å². The Morgan fingerprint density at radius 3 is 2.30 bits per heavy atom. The zero-order chi connectivity index (χ0) is 26.8. The molecule has 0 aliphatic rings. The first-order chi connectivity index (χ1) is 17.7. The van der Waals surface area contributed by atoms with Crippen molar-refractivity contribution in [2.45, 2.75) is 4.90 Å². The molecule has 0 aliphatic carbocycles. The summed E-state index contributed by atoms with van der Waals surface area (Å²) in [7, 11) is -1.39. The Morgan fingerprint density at radius 2 is 1.68 bits per heavy atom. The first-order valence-electron chi connectivity index (χ1n) is 10.8. The van der Waals surface area contributed by atoms with Crippen molar-refractivity contribution in [2.75, 3.05) is 31.7 Å². The predicted molar refractivity (Wildman–Crippen MR) is 139 cm³/mol. The molecule has 1 amide bonds. The molecule has 0 atom stereocenters. The second-order valence-electron chi connectivity index (χ2n) is 7.39. The van der Waals surface area contributed by atoms with E-state index in [-0.39, 0.29) is 17.2 Å². The summed E-state index contributed by atoms with van der Waals surface area (Å²) in [5.74, 6) is -0.239. The molecule has 194 valence electrons. The fraction of sp³-hybridized carbons (Fsp3) is 0.160. The van der Waals surface area contributed by atoms with Gasteiger partial charge in [0.15, 0.2) is 6.61 Å². The van der Waals surface area contributed by atoms with Gasteiger partial charge in [-0.25, -0.2) is 18.6 Å². The van der Waals surface area contributed by atoms with Crippen LogP contribution < -0.4 is 19.2 Å². The number of esters is 1. The number of nitrogens with one attached hydrogen (secondary N) is 1. The number of amides is 1. The molecule has 0 spiro atoms. The molecule has 0 aromatic heterocycles. The molecule has 12 heteroatoms. The Bertz CT molecular complexity index is 1360. The zero-order valence-corrected chi connectivity index (χ0v) is 21.5. The largest absolute Gasteiger partial charge is 0.497 e. The van der Waals surface area contributed by atoms with E-state index >= 15 is 0 Å². The lowest BCUT2D eigenvalue weighted by molar-refractivity contribution is -0.142. The van der Waals surface area contributed by atoms with Gasteiger partial charge >= 0.3 is 5.97 Å². The fourth-order valence-electron chi connectivity index (χ4n) is 3.02. The maximum absolute atomic E-state index is 13.4. The average Bonchev–Trinajstić information content (AvgIpc) is 2.91. The molecule has 0 bridgehead atoms. The lowest BCUT2D eigenvalue weighted by Gasteiger charge is -2.24. The number of rotatable bonds is 11. The number of carbonyl (C=O) groups is 2. The number of hydrogen-bond acceptors (Lipinski definition) is 8. The van der Waals surface area contributed by atoms with Gasteiger partial charge in [0, 0.05) is 5.02 Å². The summed E-state index contributed by atoms with van der Waals surface area (Å²) in [6.07, 6.45) is 1.38. The van der Waals surface area contributed by atoms with Gasteiger partial charge in [0.1, 0.15) is 18.0 Å². The molecule has 3 aromatic carbocycles. The Morgan fingerprint density at radius 1 is 1.00 bits per heavy atom. The van der Waals surface area contributed by atoms with Crippen LogP contribution in [-0.2, 0) is 24.3 Å². The lowest BCUT2D eigenvalue weighted by Crippen LogP contribution is -2.39. The van der Waals surface area contributed by atoms with Crippen LogP contribution in [0.15, 0.2) is 82.8 Å². The molecule has 0 radical (unpaired) electrons. The van der Waals surface area contributed by atoms with E-state index in [2.05, 4.69) is 15.3 Å². The van der Waals surface area contributed by atoms with E-state index in [1.807, 2.05) is 0 Å². The van der Waals surface area contributed by atoms with Crippen molar-refractivity contribution < 1.29 is 32.2 Å². The van der Waals surface area contributed by atoms with E-state index in [0.717, 1.165) is 4.31 Å². The van der Waals surface area contributed by atoms with Gasteiger partial charge in [0.25, 0.3) is 15.9 Å². The summed E-state index contributed by atoms with van der Waals surface area (Å²) in [5, 5.41) is 4.21. The van der Waals surface area contributed by atoms with Gasteiger partial charge in [-0.3, -0.25) is 9.10 Å². The molecule has 0 saturated carbocycles. The molecule has 0 saturated heterocycles. The number of carbonyl (C=O) groups excluding carboxylic acids is 2. The minimum Gasteiger partial charge on any atom is -0.497 e. The molecule has 0 unspecified atom stereocenters. The highest BCUT2D eigenvalue weighted by Gasteiger charge is 2.27. The van der Waals surface area contributed by atoms with Crippen LogP contribution in [0.25, 0.3) is 0 Å². The van der Waals surface area contributed by atoms with Crippen LogP contribution >= 0.6 is 11.6 Å². The van der Waals surface area contributed by atoms with Crippen molar-refractivity contribution in [3.8, 4) is 11.5 Å². The van der Waals surface area contributed by atoms with E-state index in [1.54, 1.807) is 36.4 Å². The van der Waals surface area contributed by atoms with E-state index in [4.69, 9.17) is 21.1 Å². The number of hydrazone groups is 1. The number of sulfonamides is 1. The number of ether oxygens (including phenoxy) is 3. The Labute approximate surface area is 219 Å². The van der Waals surface area contributed by atoms with Crippen molar-refractivity contribution in [1.82, 2.24) is 5.43 Å². The molecule has 0 aliphatic heterocycles.